The second-order valence-electron chi connectivity index (χ2n) is 12.7. The molecule has 0 spiro atoms. The number of rotatable bonds is 9. The zero-order valence-electron chi connectivity index (χ0n) is 21.6. The van der Waals surface area contributed by atoms with Crippen molar-refractivity contribution in [1.29, 1.82) is 0 Å². The minimum absolute atomic E-state index is 0.0433. The van der Waals surface area contributed by atoms with E-state index in [9.17, 15) is 9.59 Å². The Labute approximate surface area is 201 Å². The number of ether oxygens (including phenoxy) is 2. The van der Waals surface area contributed by atoms with Crippen molar-refractivity contribution < 1.29 is 19.1 Å². The lowest BCUT2D eigenvalue weighted by Crippen LogP contribution is -2.54. The molecular formula is C29H46O4. The first-order valence-corrected chi connectivity index (χ1v) is 13.6. The van der Waals surface area contributed by atoms with E-state index in [4.69, 9.17) is 9.47 Å². The Bertz CT molecular complexity index is 744. The SMILES string of the molecule is CC(C)CCC[C@@H](C)[C@H]1CC[C@H]2[C@@H]3CC=C4[C@@H](OC=O)[C@@H](OC=O)CC[C@]4(C)[C@H]3CC[C@]12C. The molecule has 4 heteroatoms. The van der Waals surface area contributed by atoms with Crippen molar-refractivity contribution in [3.8, 4) is 0 Å². The van der Waals surface area contributed by atoms with Gasteiger partial charge < -0.3 is 9.47 Å². The average Bonchev–Trinajstić information content (AvgIpc) is 3.12. The molecule has 0 unspecified atom stereocenters. The van der Waals surface area contributed by atoms with E-state index in [1.165, 1.54) is 50.5 Å². The van der Waals surface area contributed by atoms with Gasteiger partial charge in [0.1, 0.15) is 6.10 Å². The molecule has 4 rings (SSSR count). The summed E-state index contributed by atoms with van der Waals surface area (Å²) in [5.41, 5.74) is 1.73. The highest BCUT2D eigenvalue weighted by molar-refractivity contribution is 5.43. The topological polar surface area (TPSA) is 52.6 Å². The summed E-state index contributed by atoms with van der Waals surface area (Å²) in [4.78, 5) is 22.3. The third kappa shape index (κ3) is 4.29. The minimum atomic E-state index is -0.419. The maximum absolute atomic E-state index is 11.3. The number of carbonyl (C=O) groups excluding carboxylic acids is 2. The van der Waals surface area contributed by atoms with E-state index < -0.39 is 6.10 Å². The van der Waals surface area contributed by atoms with Gasteiger partial charge in [-0.05, 0) is 96.9 Å². The molecule has 33 heavy (non-hydrogen) atoms. The van der Waals surface area contributed by atoms with E-state index in [-0.39, 0.29) is 11.5 Å². The van der Waals surface area contributed by atoms with Gasteiger partial charge in [-0.1, -0.05) is 60.0 Å². The molecule has 3 fully saturated rings. The van der Waals surface area contributed by atoms with Crippen LogP contribution in [0.25, 0.3) is 0 Å². The van der Waals surface area contributed by atoms with E-state index in [2.05, 4.69) is 40.7 Å². The summed E-state index contributed by atoms with van der Waals surface area (Å²) in [6.45, 7) is 13.3. The van der Waals surface area contributed by atoms with Gasteiger partial charge in [-0.15, -0.1) is 0 Å². The van der Waals surface area contributed by atoms with Gasteiger partial charge in [-0.2, -0.15) is 0 Å². The standard InChI is InChI=1S/C29H46O4/c1-19(2)7-6-8-20(3)22-11-12-23-21-9-10-25-27(33-18-31)26(32-17-30)14-16-29(25,5)24(21)13-15-28(22,23)4/h10,17-24,26-27H,6-9,11-16H2,1-5H3/t20-,21+,22-,23+,24+,26+,27-,28-,29-/m1/s1. The van der Waals surface area contributed by atoms with Gasteiger partial charge in [-0.3, -0.25) is 9.59 Å². The Balaban J connectivity index is 1.53. The Hall–Kier alpha value is -1.32. The van der Waals surface area contributed by atoms with Crippen molar-refractivity contribution in [2.45, 2.75) is 111 Å². The van der Waals surface area contributed by atoms with Crippen molar-refractivity contribution in [2.75, 3.05) is 0 Å². The summed E-state index contributed by atoms with van der Waals surface area (Å²) in [5.74, 6) is 4.66. The van der Waals surface area contributed by atoms with Crippen LogP contribution in [0.2, 0.25) is 0 Å². The van der Waals surface area contributed by atoms with Crippen molar-refractivity contribution in [2.24, 2.45) is 46.3 Å². The predicted molar refractivity (Wildman–Crippen MR) is 130 cm³/mol. The van der Waals surface area contributed by atoms with Gasteiger partial charge >= 0.3 is 0 Å². The molecule has 4 aliphatic rings. The number of allylic oxidation sites excluding steroid dienone is 1. The van der Waals surface area contributed by atoms with E-state index in [1.54, 1.807) is 0 Å². The number of carbonyl (C=O) groups is 2. The molecule has 0 aromatic carbocycles. The smallest absolute Gasteiger partial charge is 0.293 e. The molecule has 0 heterocycles. The first-order valence-electron chi connectivity index (χ1n) is 13.6. The van der Waals surface area contributed by atoms with Crippen LogP contribution < -0.4 is 0 Å². The first-order chi connectivity index (χ1) is 15.8. The van der Waals surface area contributed by atoms with Gasteiger partial charge in [0.05, 0.1) is 0 Å². The maximum Gasteiger partial charge on any atom is 0.293 e. The van der Waals surface area contributed by atoms with Crippen molar-refractivity contribution in [1.82, 2.24) is 0 Å². The van der Waals surface area contributed by atoms with Gasteiger partial charge in [0.15, 0.2) is 6.10 Å². The third-order valence-corrected chi connectivity index (χ3v) is 10.8. The fourth-order valence-corrected chi connectivity index (χ4v) is 9.14. The van der Waals surface area contributed by atoms with Crippen LogP contribution in [0.3, 0.4) is 0 Å². The Morgan fingerprint density at radius 1 is 0.970 bits per heavy atom. The lowest BCUT2D eigenvalue weighted by atomic mass is 9.46. The van der Waals surface area contributed by atoms with Crippen LogP contribution in [0.15, 0.2) is 11.6 Å². The Morgan fingerprint density at radius 3 is 2.42 bits per heavy atom. The van der Waals surface area contributed by atoms with Crippen molar-refractivity contribution in [3.63, 3.8) is 0 Å². The normalized spacial score (nSPS) is 43.0. The largest absolute Gasteiger partial charge is 0.460 e. The van der Waals surface area contributed by atoms with E-state index in [0.29, 0.717) is 24.3 Å². The van der Waals surface area contributed by atoms with E-state index >= 15 is 0 Å². The third-order valence-electron chi connectivity index (χ3n) is 10.8. The fraction of sp³-hybridized carbons (Fsp3) is 0.862. The molecule has 0 aliphatic heterocycles. The second-order valence-corrected chi connectivity index (χ2v) is 12.7. The van der Waals surface area contributed by atoms with Gasteiger partial charge in [0, 0.05) is 0 Å². The highest BCUT2D eigenvalue weighted by Crippen LogP contribution is 2.67. The van der Waals surface area contributed by atoms with Crippen LogP contribution in [0.5, 0.6) is 0 Å². The molecule has 3 saturated carbocycles. The van der Waals surface area contributed by atoms with Crippen LogP contribution in [0.4, 0.5) is 0 Å². The summed E-state index contributed by atoms with van der Waals surface area (Å²) < 4.78 is 10.9. The summed E-state index contributed by atoms with van der Waals surface area (Å²) in [5, 5.41) is 0. The van der Waals surface area contributed by atoms with Gasteiger partial charge in [-0.25, -0.2) is 0 Å². The van der Waals surface area contributed by atoms with Crippen molar-refractivity contribution >= 4 is 12.9 Å². The highest BCUT2D eigenvalue weighted by Gasteiger charge is 2.60. The molecule has 0 saturated heterocycles. The predicted octanol–water partition coefficient (Wildman–Crippen LogP) is 6.72. The Kier molecular flexibility index (Phi) is 7.32. The average molecular weight is 459 g/mol. The fourth-order valence-electron chi connectivity index (χ4n) is 9.14. The molecule has 9 atom stereocenters. The van der Waals surface area contributed by atoms with Crippen LogP contribution in [-0.4, -0.2) is 25.2 Å². The number of hydrogen-bond donors (Lipinski definition) is 0. The van der Waals surface area contributed by atoms with E-state index in [1.807, 2.05) is 0 Å². The molecule has 0 bridgehead atoms. The maximum atomic E-state index is 11.3. The minimum Gasteiger partial charge on any atom is -0.460 e. The van der Waals surface area contributed by atoms with Crippen LogP contribution >= 0.6 is 0 Å². The summed E-state index contributed by atoms with van der Waals surface area (Å²) >= 11 is 0. The Morgan fingerprint density at radius 2 is 1.73 bits per heavy atom. The van der Waals surface area contributed by atoms with Crippen molar-refractivity contribution in [3.05, 3.63) is 11.6 Å². The van der Waals surface area contributed by atoms with Crippen LogP contribution in [0.1, 0.15) is 98.8 Å². The summed E-state index contributed by atoms with van der Waals surface area (Å²) in [6.07, 6.45) is 13.9. The van der Waals surface area contributed by atoms with Gasteiger partial charge in [0.25, 0.3) is 12.9 Å². The molecule has 4 nitrogen and oxygen atoms in total. The van der Waals surface area contributed by atoms with Crippen LogP contribution in [0, 0.1) is 46.3 Å². The summed E-state index contributed by atoms with van der Waals surface area (Å²) in [6, 6.07) is 0. The summed E-state index contributed by atoms with van der Waals surface area (Å²) in [7, 11) is 0. The lowest BCUT2D eigenvalue weighted by Gasteiger charge is -2.59. The second kappa shape index (κ2) is 9.74. The molecule has 0 N–H and O–H groups in total. The number of hydrogen-bond acceptors (Lipinski definition) is 4. The van der Waals surface area contributed by atoms with Gasteiger partial charge in [0.2, 0.25) is 0 Å². The molecule has 0 amide bonds. The quantitative estimate of drug-likeness (QED) is 0.284. The molecular weight excluding hydrogens is 412 g/mol. The zero-order valence-corrected chi connectivity index (χ0v) is 21.6. The molecule has 0 radical (unpaired) electrons. The zero-order chi connectivity index (χ0) is 23.8. The molecule has 186 valence electrons. The first kappa shape index (κ1) is 24.8. The lowest BCUT2D eigenvalue weighted by molar-refractivity contribution is -0.156. The molecule has 0 aromatic rings. The molecule has 0 aromatic heterocycles. The van der Waals surface area contributed by atoms with E-state index in [0.717, 1.165) is 48.9 Å². The molecule has 4 aliphatic carbocycles. The number of fused-ring (bicyclic) bond motifs is 5. The monoisotopic (exact) mass is 458 g/mol. The highest BCUT2D eigenvalue weighted by atomic mass is 16.6. The van der Waals surface area contributed by atoms with Crippen LogP contribution in [-0.2, 0) is 19.1 Å².